The molecule has 0 spiro atoms. The lowest BCUT2D eigenvalue weighted by atomic mass is 9.87. The van der Waals surface area contributed by atoms with Crippen molar-refractivity contribution in [3.63, 3.8) is 0 Å². The zero-order valence-corrected chi connectivity index (χ0v) is 13.9. The summed E-state index contributed by atoms with van der Waals surface area (Å²) in [6.45, 7) is 10.8. The first kappa shape index (κ1) is 17.7. The van der Waals surface area contributed by atoms with E-state index < -0.39 is 0 Å². The highest BCUT2D eigenvalue weighted by molar-refractivity contribution is 5.94. The van der Waals surface area contributed by atoms with E-state index in [0.29, 0.717) is 13.2 Å². The van der Waals surface area contributed by atoms with Crippen molar-refractivity contribution in [2.45, 2.75) is 52.4 Å². The van der Waals surface area contributed by atoms with Gasteiger partial charge in [0.15, 0.2) is 0 Å². The average molecular weight is 291 g/mol. The molecule has 1 aromatic rings. The van der Waals surface area contributed by atoms with Crippen molar-refractivity contribution in [2.24, 2.45) is 0 Å². The molecule has 0 unspecified atom stereocenters. The monoisotopic (exact) mass is 291 g/mol. The topological polar surface area (TPSA) is 38.3 Å². The summed E-state index contributed by atoms with van der Waals surface area (Å²) in [6, 6.07) is 7.85. The van der Waals surface area contributed by atoms with Gasteiger partial charge in [-0.05, 0) is 36.0 Å². The SMILES string of the molecule is CCCCOCCCNC(=O)c1ccc(C(C)(C)C)cc1. The normalized spacial score (nSPS) is 11.4. The summed E-state index contributed by atoms with van der Waals surface area (Å²) in [5.41, 5.74) is 2.07. The molecule has 1 rings (SSSR count). The van der Waals surface area contributed by atoms with Crippen molar-refractivity contribution >= 4 is 5.91 Å². The van der Waals surface area contributed by atoms with Crippen molar-refractivity contribution in [1.82, 2.24) is 5.32 Å². The number of carbonyl (C=O) groups is 1. The molecule has 1 amide bonds. The van der Waals surface area contributed by atoms with Crippen molar-refractivity contribution in [1.29, 1.82) is 0 Å². The fraction of sp³-hybridized carbons (Fsp3) is 0.611. The predicted octanol–water partition coefficient (Wildman–Crippen LogP) is 3.92. The van der Waals surface area contributed by atoms with E-state index in [1.54, 1.807) is 0 Å². The van der Waals surface area contributed by atoms with Gasteiger partial charge in [-0.3, -0.25) is 4.79 Å². The van der Waals surface area contributed by atoms with Crippen LogP contribution in [0.5, 0.6) is 0 Å². The number of unbranched alkanes of at least 4 members (excludes halogenated alkanes) is 1. The van der Waals surface area contributed by atoms with E-state index in [4.69, 9.17) is 4.74 Å². The zero-order chi connectivity index (χ0) is 15.7. The number of rotatable bonds is 8. The molecular weight excluding hydrogens is 262 g/mol. The predicted molar refractivity (Wildman–Crippen MR) is 87.8 cm³/mol. The van der Waals surface area contributed by atoms with Crippen LogP contribution in [0, 0.1) is 0 Å². The molecular formula is C18H29NO2. The number of hydrogen-bond acceptors (Lipinski definition) is 2. The molecule has 3 heteroatoms. The summed E-state index contributed by atoms with van der Waals surface area (Å²) >= 11 is 0. The van der Waals surface area contributed by atoms with E-state index in [1.165, 1.54) is 5.56 Å². The summed E-state index contributed by atoms with van der Waals surface area (Å²) in [6.07, 6.45) is 3.11. The van der Waals surface area contributed by atoms with E-state index in [9.17, 15) is 4.79 Å². The Kier molecular flexibility index (Phi) is 7.44. The molecule has 0 aromatic heterocycles. The van der Waals surface area contributed by atoms with Crippen LogP contribution in [0.25, 0.3) is 0 Å². The van der Waals surface area contributed by atoms with Gasteiger partial charge < -0.3 is 10.1 Å². The molecule has 0 aliphatic heterocycles. The molecule has 0 atom stereocenters. The standard InChI is InChI=1S/C18H29NO2/c1-5-6-13-21-14-7-12-19-17(20)15-8-10-16(11-9-15)18(2,3)4/h8-11H,5-7,12-14H2,1-4H3,(H,19,20). The maximum atomic E-state index is 12.0. The van der Waals surface area contributed by atoms with E-state index in [-0.39, 0.29) is 11.3 Å². The Hall–Kier alpha value is -1.35. The summed E-state index contributed by atoms with van der Waals surface area (Å²) in [7, 11) is 0. The van der Waals surface area contributed by atoms with Crippen LogP contribution >= 0.6 is 0 Å². The van der Waals surface area contributed by atoms with Gasteiger partial charge in [-0.15, -0.1) is 0 Å². The lowest BCUT2D eigenvalue weighted by Gasteiger charge is -2.19. The number of amides is 1. The minimum Gasteiger partial charge on any atom is -0.381 e. The van der Waals surface area contributed by atoms with Gasteiger partial charge in [0, 0.05) is 25.3 Å². The van der Waals surface area contributed by atoms with Crippen molar-refractivity contribution < 1.29 is 9.53 Å². The highest BCUT2D eigenvalue weighted by atomic mass is 16.5. The van der Waals surface area contributed by atoms with Gasteiger partial charge in [-0.1, -0.05) is 46.2 Å². The van der Waals surface area contributed by atoms with Gasteiger partial charge in [0.05, 0.1) is 0 Å². The third-order valence-electron chi connectivity index (χ3n) is 3.41. The molecule has 3 nitrogen and oxygen atoms in total. The third-order valence-corrected chi connectivity index (χ3v) is 3.41. The van der Waals surface area contributed by atoms with Crippen LogP contribution in [0.4, 0.5) is 0 Å². The molecule has 0 bridgehead atoms. The van der Waals surface area contributed by atoms with Crippen LogP contribution in [-0.2, 0) is 10.2 Å². The number of ether oxygens (including phenoxy) is 1. The molecule has 1 N–H and O–H groups in total. The Balaban J connectivity index is 2.29. The first-order valence-electron chi connectivity index (χ1n) is 7.91. The second-order valence-electron chi connectivity index (χ2n) is 6.40. The van der Waals surface area contributed by atoms with Crippen molar-refractivity contribution in [2.75, 3.05) is 19.8 Å². The average Bonchev–Trinajstić information content (AvgIpc) is 2.45. The summed E-state index contributed by atoms with van der Waals surface area (Å²) in [4.78, 5) is 12.0. The fourth-order valence-electron chi connectivity index (χ4n) is 1.95. The number of carbonyl (C=O) groups excluding carboxylic acids is 1. The van der Waals surface area contributed by atoms with Gasteiger partial charge in [-0.2, -0.15) is 0 Å². The van der Waals surface area contributed by atoms with Crippen LogP contribution in [0.15, 0.2) is 24.3 Å². The molecule has 1 aromatic carbocycles. The molecule has 0 saturated heterocycles. The lowest BCUT2D eigenvalue weighted by Crippen LogP contribution is -2.25. The molecule has 0 fully saturated rings. The Morgan fingerprint density at radius 2 is 1.71 bits per heavy atom. The highest BCUT2D eigenvalue weighted by Gasteiger charge is 2.14. The van der Waals surface area contributed by atoms with Gasteiger partial charge in [-0.25, -0.2) is 0 Å². The quantitative estimate of drug-likeness (QED) is 0.737. The number of benzene rings is 1. The van der Waals surface area contributed by atoms with Crippen LogP contribution in [-0.4, -0.2) is 25.7 Å². The lowest BCUT2D eigenvalue weighted by molar-refractivity contribution is 0.0940. The Morgan fingerprint density at radius 3 is 2.29 bits per heavy atom. The van der Waals surface area contributed by atoms with E-state index in [1.807, 2.05) is 24.3 Å². The van der Waals surface area contributed by atoms with Crippen LogP contribution in [0.3, 0.4) is 0 Å². The smallest absolute Gasteiger partial charge is 0.251 e. The van der Waals surface area contributed by atoms with Crippen LogP contribution < -0.4 is 5.32 Å². The molecule has 0 aliphatic rings. The van der Waals surface area contributed by atoms with Gasteiger partial charge >= 0.3 is 0 Å². The van der Waals surface area contributed by atoms with Crippen LogP contribution in [0.1, 0.15) is 62.9 Å². The minimum atomic E-state index is -0.0102. The van der Waals surface area contributed by atoms with Gasteiger partial charge in [0.2, 0.25) is 0 Å². The van der Waals surface area contributed by atoms with E-state index in [0.717, 1.165) is 31.4 Å². The summed E-state index contributed by atoms with van der Waals surface area (Å²) in [5, 5.41) is 2.93. The highest BCUT2D eigenvalue weighted by Crippen LogP contribution is 2.22. The van der Waals surface area contributed by atoms with E-state index in [2.05, 4.69) is 33.0 Å². The third kappa shape index (κ3) is 6.76. The molecule has 0 radical (unpaired) electrons. The molecule has 118 valence electrons. The first-order chi connectivity index (χ1) is 9.95. The fourth-order valence-corrected chi connectivity index (χ4v) is 1.95. The molecule has 21 heavy (non-hydrogen) atoms. The van der Waals surface area contributed by atoms with Gasteiger partial charge in [0.1, 0.15) is 0 Å². The summed E-state index contributed by atoms with van der Waals surface area (Å²) < 4.78 is 5.46. The van der Waals surface area contributed by atoms with E-state index >= 15 is 0 Å². The van der Waals surface area contributed by atoms with Crippen LogP contribution in [0.2, 0.25) is 0 Å². The zero-order valence-electron chi connectivity index (χ0n) is 13.9. The second-order valence-corrected chi connectivity index (χ2v) is 6.40. The minimum absolute atomic E-state index is 0.0102. The maximum absolute atomic E-state index is 12.0. The first-order valence-corrected chi connectivity index (χ1v) is 7.91. The second kappa shape index (κ2) is 8.83. The Morgan fingerprint density at radius 1 is 1.10 bits per heavy atom. The summed E-state index contributed by atoms with van der Waals surface area (Å²) in [5.74, 6) is -0.0102. The Labute approximate surface area is 129 Å². The van der Waals surface area contributed by atoms with Gasteiger partial charge in [0.25, 0.3) is 5.91 Å². The Bertz CT molecular complexity index is 418. The molecule has 0 aliphatic carbocycles. The largest absolute Gasteiger partial charge is 0.381 e. The molecule has 0 saturated carbocycles. The maximum Gasteiger partial charge on any atom is 0.251 e. The number of hydrogen-bond donors (Lipinski definition) is 1. The molecule has 0 heterocycles. The number of nitrogens with one attached hydrogen (secondary N) is 1. The van der Waals surface area contributed by atoms with Crippen molar-refractivity contribution in [3.8, 4) is 0 Å². The van der Waals surface area contributed by atoms with Crippen molar-refractivity contribution in [3.05, 3.63) is 35.4 Å².